The number of carbonyl (C=O) groups is 1. The Labute approximate surface area is 107 Å². The summed E-state index contributed by atoms with van der Waals surface area (Å²) in [6.45, 7) is 4.21. The number of pyridine rings is 1. The van der Waals surface area contributed by atoms with E-state index in [1.165, 1.54) is 0 Å². The molecule has 5 heteroatoms. The maximum atomic E-state index is 12.1. The first-order valence-corrected chi connectivity index (χ1v) is 6.38. The molecule has 1 unspecified atom stereocenters. The first-order chi connectivity index (χ1) is 8.81. The van der Waals surface area contributed by atoms with Crippen LogP contribution in [0.25, 0.3) is 0 Å². The fraction of sp³-hybridized carbons (Fsp3) is 0.538. The summed E-state index contributed by atoms with van der Waals surface area (Å²) in [5.74, 6) is 0.563. The minimum absolute atomic E-state index is 0.0859. The summed E-state index contributed by atoms with van der Waals surface area (Å²) < 4.78 is 5.24. The highest BCUT2D eigenvalue weighted by Gasteiger charge is 2.20. The zero-order valence-electron chi connectivity index (χ0n) is 10.6. The van der Waals surface area contributed by atoms with Gasteiger partial charge in [0.2, 0.25) is 0 Å². The first kappa shape index (κ1) is 12.8. The van der Waals surface area contributed by atoms with Crippen molar-refractivity contribution in [2.24, 2.45) is 0 Å². The Balaban J connectivity index is 2.03. The average Bonchev–Trinajstić information content (AvgIpc) is 2.89. The van der Waals surface area contributed by atoms with Crippen molar-refractivity contribution in [3.8, 4) is 0 Å². The van der Waals surface area contributed by atoms with Gasteiger partial charge in [-0.2, -0.15) is 0 Å². The van der Waals surface area contributed by atoms with Gasteiger partial charge in [0.25, 0.3) is 5.91 Å². The molecule has 98 valence electrons. The molecule has 1 amide bonds. The topological polar surface area (TPSA) is 63.2 Å². The van der Waals surface area contributed by atoms with Crippen LogP contribution in [-0.2, 0) is 4.74 Å². The third-order valence-corrected chi connectivity index (χ3v) is 2.86. The molecular weight excluding hydrogens is 230 g/mol. The molecule has 18 heavy (non-hydrogen) atoms. The van der Waals surface area contributed by atoms with Crippen LogP contribution in [0.2, 0.25) is 0 Å². The minimum Gasteiger partial charge on any atom is -0.379 e. The van der Waals surface area contributed by atoms with E-state index in [9.17, 15) is 4.79 Å². The fourth-order valence-electron chi connectivity index (χ4n) is 1.88. The van der Waals surface area contributed by atoms with Gasteiger partial charge in [0.05, 0.1) is 18.2 Å². The molecule has 1 aliphatic rings. The molecule has 1 aliphatic heterocycles. The maximum absolute atomic E-state index is 12.1. The summed E-state index contributed by atoms with van der Waals surface area (Å²) in [5.41, 5.74) is 0.595. The van der Waals surface area contributed by atoms with Crippen LogP contribution in [0.1, 0.15) is 30.1 Å². The molecule has 5 nitrogen and oxygen atoms in total. The lowest BCUT2D eigenvalue weighted by Gasteiger charge is -2.13. The first-order valence-electron chi connectivity index (χ1n) is 6.38. The molecule has 0 aromatic carbocycles. The molecule has 2 rings (SSSR count). The standard InChI is InChI=1S/C13H19N3O2/c1-2-6-14-12-11(4-3-7-15-12)13(17)16-10-5-8-18-9-10/h3-4,7,10H,2,5-6,8-9H2,1H3,(H,14,15)(H,16,17). The molecular formula is C13H19N3O2. The van der Waals surface area contributed by atoms with Gasteiger partial charge >= 0.3 is 0 Å². The van der Waals surface area contributed by atoms with E-state index >= 15 is 0 Å². The number of amides is 1. The molecule has 0 aliphatic carbocycles. The predicted octanol–water partition coefficient (Wildman–Crippen LogP) is 1.42. The Morgan fingerprint density at radius 1 is 1.61 bits per heavy atom. The van der Waals surface area contributed by atoms with E-state index in [4.69, 9.17) is 4.74 Å². The summed E-state index contributed by atoms with van der Waals surface area (Å²) in [5, 5.41) is 6.13. The van der Waals surface area contributed by atoms with Gasteiger partial charge < -0.3 is 15.4 Å². The van der Waals surface area contributed by atoms with Gasteiger partial charge in [-0.1, -0.05) is 6.92 Å². The van der Waals surface area contributed by atoms with Crippen molar-refractivity contribution < 1.29 is 9.53 Å². The summed E-state index contributed by atoms with van der Waals surface area (Å²) in [6, 6.07) is 3.68. The second kappa shape index (κ2) is 6.35. The SMILES string of the molecule is CCCNc1ncccc1C(=O)NC1CCOC1. The number of hydrogen-bond donors (Lipinski definition) is 2. The number of hydrogen-bond acceptors (Lipinski definition) is 4. The van der Waals surface area contributed by atoms with Gasteiger partial charge in [-0.25, -0.2) is 4.98 Å². The van der Waals surface area contributed by atoms with Crippen LogP contribution in [0.3, 0.4) is 0 Å². The molecule has 1 saturated heterocycles. The molecule has 0 bridgehead atoms. The summed E-state index contributed by atoms with van der Waals surface area (Å²) in [6.07, 6.45) is 3.56. The van der Waals surface area contributed by atoms with Crippen LogP contribution < -0.4 is 10.6 Å². The van der Waals surface area contributed by atoms with Crippen molar-refractivity contribution in [1.29, 1.82) is 0 Å². The molecule has 1 aromatic heterocycles. The number of nitrogens with zero attached hydrogens (tertiary/aromatic N) is 1. The van der Waals surface area contributed by atoms with Crippen LogP contribution in [0.15, 0.2) is 18.3 Å². The van der Waals surface area contributed by atoms with Crippen molar-refractivity contribution in [3.05, 3.63) is 23.9 Å². The highest BCUT2D eigenvalue weighted by Crippen LogP contribution is 2.13. The third kappa shape index (κ3) is 3.20. The van der Waals surface area contributed by atoms with Crippen molar-refractivity contribution in [2.75, 3.05) is 25.1 Å². The van der Waals surface area contributed by atoms with Crippen LogP contribution in [0.5, 0.6) is 0 Å². The molecule has 0 spiro atoms. The molecule has 2 heterocycles. The number of rotatable bonds is 5. The second-order valence-corrected chi connectivity index (χ2v) is 4.36. The Morgan fingerprint density at radius 3 is 3.22 bits per heavy atom. The van der Waals surface area contributed by atoms with E-state index in [2.05, 4.69) is 22.5 Å². The van der Waals surface area contributed by atoms with Crippen LogP contribution in [0, 0.1) is 0 Å². The normalized spacial score (nSPS) is 18.6. The highest BCUT2D eigenvalue weighted by molar-refractivity contribution is 5.98. The quantitative estimate of drug-likeness (QED) is 0.828. The lowest BCUT2D eigenvalue weighted by Crippen LogP contribution is -2.35. The lowest BCUT2D eigenvalue weighted by atomic mass is 10.2. The smallest absolute Gasteiger partial charge is 0.255 e. The van der Waals surface area contributed by atoms with Gasteiger partial charge in [0.15, 0.2) is 0 Å². The number of ether oxygens (including phenoxy) is 1. The van der Waals surface area contributed by atoms with Gasteiger partial charge in [0, 0.05) is 19.3 Å². The second-order valence-electron chi connectivity index (χ2n) is 4.36. The molecule has 1 atom stereocenters. The Hall–Kier alpha value is -1.62. The number of anilines is 1. The Bertz CT molecular complexity index is 403. The number of carbonyl (C=O) groups excluding carboxylic acids is 1. The lowest BCUT2D eigenvalue weighted by molar-refractivity contribution is 0.0930. The van der Waals surface area contributed by atoms with Gasteiger partial charge in [0.1, 0.15) is 5.82 Å². The van der Waals surface area contributed by atoms with E-state index < -0.39 is 0 Å². The molecule has 1 fully saturated rings. The van der Waals surface area contributed by atoms with Crippen molar-refractivity contribution in [1.82, 2.24) is 10.3 Å². The molecule has 1 aromatic rings. The van der Waals surface area contributed by atoms with Gasteiger partial charge in [-0.05, 0) is 25.0 Å². The predicted molar refractivity (Wildman–Crippen MR) is 69.7 cm³/mol. The fourth-order valence-corrected chi connectivity index (χ4v) is 1.88. The van der Waals surface area contributed by atoms with Crippen LogP contribution in [0.4, 0.5) is 5.82 Å². The molecule has 0 saturated carbocycles. The van der Waals surface area contributed by atoms with E-state index in [0.29, 0.717) is 18.0 Å². The van der Waals surface area contributed by atoms with E-state index in [1.54, 1.807) is 18.3 Å². The number of aromatic nitrogens is 1. The third-order valence-electron chi connectivity index (χ3n) is 2.86. The van der Waals surface area contributed by atoms with E-state index in [-0.39, 0.29) is 11.9 Å². The van der Waals surface area contributed by atoms with Gasteiger partial charge in [-0.3, -0.25) is 4.79 Å². The zero-order valence-corrected chi connectivity index (χ0v) is 10.6. The summed E-state index contributed by atoms with van der Waals surface area (Å²) in [4.78, 5) is 16.3. The monoisotopic (exact) mass is 249 g/mol. The van der Waals surface area contributed by atoms with Crippen molar-refractivity contribution in [3.63, 3.8) is 0 Å². The van der Waals surface area contributed by atoms with Crippen LogP contribution >= 0.6 is 0 Å². The molecule has 2 N–H and O–H groups in total. The van der Waals surface area contributed by atoms with Crippen molar-refractivity contribution >= 4 is 11.7 Å². The maximum Gasteiger partial charge on any atom is 0.255 e. The Kier molecular flexibility index (Phi) is 4.52. The Morgan fingerprint density at radius 2 is 2.50 bits per heavy atom. The summed E-state index contributed by atoms with van der Waals surface area (Å²) in [7, 11) is 0. The van der Waals surface area contributed by atoms with E-state index in [1.807, 2.05) is 0 Å². The molecule has 0 radical (unpaired) electrons. The average molecular weight is 249 g/mol. The van der Waals surface area contributed by atoms with E-state index in [0.717, 1.165) is 26.0 Å². The number of nitrogens with one attached hydrogen (secondary N) is 2. The highest BCUT2D eigenvalue weighted by atomic mass is 16.5. The van der Waals surface area contributed by atoms with Crippen LogP contribution in [-0.4, -0.2) is 36.7 Å². The van der Waals surface area contributed by atoms with Crippen molar-refractivity contribution in [2.45, 2.75) is 25.8 Å². The van der Waals surface area contributed by atoms with Gasteiger partial charge in [-0.15, -0.1) is 0 Å². The zero-order chi connectivity index (χ0) is 12.8. The summed E-state index contributed by atoms with van der Waals surface area (Å²) >= 11 is 0. The largest absolute Gasteiger partial charge is 0.379 e. The minimum atomic E-state index is -0.0859.